The molecule has 0 bridgehead atoms. The van der Waals surface area contributed by atoms with Crippen LogP contribution in [0, 0.1) is 6.92 Å². The number of esters is 1. The fourth-order valence-electron chi connectivity index (χ4n) is 5.43. The van der Waals surface area contributed by atoms with E-state index in [1.807, 2.05) is 68.1 Å². The number of carbonyl (C=O) groups is 1. The Hall–Kier alpha value is -4.20. The van der Waals surface area contributed by atoms with Crippen molar-refractivity contribution >= 4 is 39.6 Å². The first-order chi connectivity index (χ1) is 18.3. The second-order valence-corrected chi connectivity index (χ2v) is 10.1. The third kappa shape index (κ3) is 4.74. The van der Waals surface area contributed by atoms with Crippen LogP contribution >= 0.6 is 0 Å². The van der Waals surface area contributed by atoms with Crippen molar-refractivity contribution < 1.29 is 9.53 Å². The predicted molar refractivity (Wildman–Crippen MR) is 151 cm³/mol. The van der Waals surface area contributed by atoms with Gasteiger partial charge in [0.1, 0.15) is 23.2 Å². The van der Waals surface area contributed by atoms with E-state index in [0.717, 1.165) is 46.4 Å². The van der Waals surface area contributed by atoms with Gasteiger partial charge in [-0.1, -0.05) is 36.4 Å². The van der Waals surface area contributed by atoms with Gasteiger partial charge in [0.25, 0.3) is 10.9 Å². The molecule has 5 rings (SSSR count). The summed E-state index contributed by atoms with van der Waals surface area (Å²) in [5.74, 6) is 0.282. The Morgan fingerprint density at radius 1 is 1.05 bits per heavy atom. The molecule has 1 aliphatic rings. The van der Waals surface area contributed by atoms with E-state index in [0.29, 0.717) is 12.1 Å². The third-order valence-electron chi connectivity index (χ3n) is 7.42. The molecule has 0 unspecified atom stereocenters. The number of pyridine rings is 1. The summed E-state index contributed by atoms with van der Waals surface area (Å²) >= 11 is 0. The van der Waals surface area contributed by atoms with E-state index in [1.165, 1.54) is 7.11 Å². The molecule has 0 amide bonds. The highest BCUT2D eigenvalue weighted by Gasteiger charge is 2.36. The second-order valence-electron chi connectivity index (χ2n) is 10.1. The predicted octanol–water partition coefficient (Wildman–Crippen LogP) is 4.46. The largest absolute Gasteiger partial charge is 0.467 e. The van der Waals surface area contributed by atoms with E-state index >= 15 is 0 Å². The molecule has 2 N–H and O–H groups in total. The molecule has 3 atom stereocenters. The number of methoxy groups -OCH3 is 1. The Kier molecular flexibility index (Phi) is 6.89. The van der Waals surface area contributed by atoms with Crippen molar-refractivity contribution in [3.05, 3.63) is 86.3 Å². The summed E-state index contributed by atoms with van der Waals surface area (Å²) < 4.78 is 5.02. The smallest absolute Gasteiger partial charge is 0.328 e. The zero-order chi connectivity index (χ0) is 27.0. The minimum absolute atomic E-state index is 0.158. The van der Waals surface area contributed by atoms with Gasteiger partial charge in [0, 0.05) is 35.3 Å². The Morgan fingerprint density at radius 3 is 2.42 bits per heavy atom. The summed E-state index contributed by atoms with van der Waals surface area (Å²) in [5.41, 5.74) is 2.18. The molecule has 3 aromatic carbocycles. The zero-order valence-corrected chi connectivity index (χ0v) is 22.1. The quantitative estimate of drug-likeness (QED) is 0.264. The maximum atomic E-state index is 12.7. The van der Waals surface area contributed by atoms with Crippen LogP contribution in [-0.2, 0) is 16.0 Å². The number of aromatic nitrogens is 1. The van der Waals surface area contributed by atoms with Gasteiger partial charge in [-0.25, -0.2) is 9.78 Å². The van der Waals surface area contributed by atoms with Crippen molar-refractivity contribution in [2.45, 2.75) is 58.2 Å². The molecular weight excluding hydrogens is 480 g/mol. The molecule has 196 valence electrons. The van der Waals surface area contributed by atoms with E-state index in [1.54, 1.807) is 0 Å². The average molecular weight is 513 g/mol. The summed E-state index contributed by atoms with van der Waals surface area (Å²) in [4.78, 5) is 44.3. The van der Waals surface area contributed by atoms with Crippen molar-refractivity contribution in [1.82, 2.24) is 4.98 Å². The first-order valence-electron chi connectivity index (χ1n) is 12.9. The number of fused-ring (bicyclic) bond motifs is 1. The fraction of sp³-hybridized carbons (Fsp3) is 0.333. The van der Waals surface area contributed by atoms with Gasteiger partial charge in [-0.2, -0.15) is 0 Å². The number of hydrogen-bond donors (Lipinski definition) is 2. The van der Waals surface area contributed by atoms with Gasteiger partial charge < -0.3 is 20.3 Å². The van der Waals surface area contributed by atoms with Gasteiger partial charge in [0.2, 0.25) is 0 Å². The van der Waals surface area contributed by atoms with Crippen LogP contribution in [0.15, 0.2) is 64.2 Å². The highest BCUT2D eigenvalue weighted by atomic mass is 16.5. The van der Waals surface area contributed by atoms with E-state index in [-0.39, 0.29) is 17.8 Å². The molecule has 8 heteroatoms. The maximum absolute atomic E-state index is 12.7. The summed E-state index contributed by atoms with van der Waals surface area (Å²) in [6.45, 7) is 6.06. The second kappa shape index (κ2) is 10.3. The molecule has 1 saturated heterocycles. The SMILES string of the molecule is COC(=O)[C@H](Cc1ccc(Nc2nc(C)cc3ccccc23)cc1)Nc1c(N2[C@H](C)CC[C@@H]2C)c(=O)c1=O. The highest BCUT2D eigenvalue weighted by molar-refractivity contribution is 5.93. The van der Waals surface area contributed by atoms with Crippen LogP contribution in [0.25, 0.3) is 10.8 Å². The molecule has 1 aliphatic heterocycles. The number of carbonyl (C=O) groups excluding carboxylic acids is 1. The molecule has 38 heavy (non-hydrogen) atoms. The van der Waals surface area contributed by atoms with Crippen LogP contribution in [0.2, 0.25) is 0 Å². The number of nitrogens with zero attached hydrogens (tertiary/aromatic N) is 2. The molecule has 2 heterocycles. The lowest BCUT2D eigenvalue weighted by Crippen LogP contribution is -2.48. The van der Waals surface area contributed by atoms with Gasteiger partial charge in [-0.15, -0.1) is 0 Å². The van der Waals surface area contributed by atoms with Crippen molar-refractivity contribution in [2.75, 3.05) is 22.6 Å². The summed E-state index contributed by atoms with van der Waals surface area (Å²) in [6, 6.07) is 17.3. The minimum Gasteiger partial charge on any atom is -0.467 e. The Balaban J connectivity index is 1.35. The Morgan fingerprint density at radius 2 is 1.74 bits per heavy atom. The van der Waals surface area contributed by atoms with Crippen LogP contribution in [-0.4, -0.2) is 36.2 Å². The molecular formula is C30H32N4O4. The molecule has 8 nitrogen and oxygen atoms in total. The van der Waals surface area contributed by atoms with Crippen LogP contribution in [0.1, 0.15) is 37.9 Å². The van der Waals surface area contributed by atoms with E-state index < -0.39 is 22.9 Å². The van der Waals surface area contributed by atoms with Gasteiger partial charge in [0.15, 0.2) is 0 Å². The number of benzene rings is 2. The summed E-state index contributed by atoms with van der Waals surface area (Å²) in [7, 11) is 1.32. The lowest BCUT2D eigenvalue weighted by atomic mass is 10.0. The van der Waals surface area contributed by atoms with E-state index in [4.69, 9.17) is 4.74 Å². The first-order valence-corrected chi connectivity index (χ1v) is 12.9. The van der Waals surface area contributed by atoms with Crippen LogP contribution in [0.4, 0.5) is 22.9 Å². The normalized spacial score (nSPS) is 18.1. The van der Waals surface area contributed by atoms with Crippen LogP contribution < -0.4 is 26.4 Å². The topological polar surface area (TPSA) is 101 Å². The van der Waals surface area contributed by atoms with E-state index in [2.05, 4.69) is 27.8 Å². The lowest BCUT2D eigenvalue weighted by Gasteiger charge is -2.32. The molecule has 0 radical (unpaired) electrons. The number of ether oxygens (including phenoxy) is 1. The molecule has 0 aliphatic carbocycles. The number of anilines is 4. The monoisotopic (exact) mass is 512 g/mol. The highest BCUT2D eigenvalue weighted by Crippen LogP contribution is 2.33. The minimum atomic E-state index is -0.809. The number of rotatable bonds is 8. The molecule has 1 fully saturated rings. The Bertz CT molecular complexity index is 1550. The Labute approximate surface area is 221 Å². The first kappa shape index (κ1) is 25.4. The zero-order valence-electron chi connectivity index (χ0n) is 22.1. The number of aryl methyl sites for hydroxylation is 1. The van der Waals surface area contributed by atoms with Crippen molar-refractivity contribution in [3.63, 3.8) is 0 Å². The molecule has 4 aromatic rings. The van der Waals surface area contributed by atoms with E-state index in [9.17, 15) is 14.4 Å². The lowest BCUT2D eigenvalue weighted by molar-refractivity contribution is -0.141. The van der Waals surface area contributed by atoms with Gasteiger partial charge in [0.05, 0.1) is 7.11 Å². The van der Waals surface area contributed by atoms with Crippen molar-refractivity contribution in [2.24, 2.45) is 0 Å². The fourth-order valence-corrected chi connectivity index (χ4v) is 5.43. The third-order valence-corrected chi connectivity index (χ3v) is 7.42. The van der Waals surface area contributed by atoms with Gasteiger partial charge in [-0.3, -0.25) is 9.59 Å². The molecule has 1 aromatic heterocycles. The number of hydrogen-bond acceptors (Lipinski definition) is 8. The van der Waals surface area contributed by atoms with Crippen molar-refractivity contribution in [1.29, 1.82) is 0 Å². The van der Waals surface area contributed by atoms with Crippen molar-refractivity contribution in [3.8, 4) is 0 Å². The van der Waals surface area contributed by atoms with Crippen LogP contribution in [0.5, 0.6) is 0 Å². The van der Waals surface area contributed by atoms with Gasteiger partial charge >= 0.3 is 5.97 Å². The molecule has 0 saturated carbocycles. The van der Waals surface area contributed by atoms with Crippen LogP contribution in [0.3, 0.4) is 0 Å². The average Bonchev–Trinajstić information content (AvgIpc) is 3.24. The standard InChI is InChI=1S/C30H32N4O4/c1-17-15-21-7-5-6-8-23(21)29(31-17)32-22-13-11-20(12-14-22)16-24(30(37)38-4)33-25-26(28(36)27(25)35)34-18(2)9-10-19(34)3/h5-8,11-15,18-19,24,33H,9-10,16H2,1-4H3,(H,31,32)/t18-,19+,24-/m0/s1. The molecule has 0 spiro atoms. The van der Waals surface area contributed by atoms with Gasteiger partial charge in [-0.05, 0) is 62.8 Å². The summed E-state index contributed by atoms with van der Waals surface area (Å²) in [6.07, 6.45) is 2.20. The maximum Gasteiger partial charge on any atom is 0.328 e. The number of nitrogens with one attached hydrogen (secondary N) is 2. The summed E-state index contributed by atoms with van der Waals surface area (Å²) in [5, 5.41) is 8.59.